The number of likely N-dealkylation sites (N-methyl/N-ethyl adjacent to an activating group) is 1. The average molecular weight is 453 g/mol. The predicted molar refractivity (Wildman–Crippen MR) is 101 cm³/mol. The molecule has 2 aliphatic rings. The Morgan fingerprint density at radius 2 is 1.93 bits per heavy atom. The first-order valence-electron chi connectivity index (χ1n) is 9.36. The third-order valence-corrected chi connectivity index (χ3v) is 7.65. The van der Waals surface area contributed by atoms with Crippen molar-refractivity contribution in [2.75, 3.05) is 33.9 Å². The van der Waals surface area contributed by atoms with Crippen molar-refractivity contribution in [3.63, 3.8) is 0 Å². The number of aromatic nitrogens is 1. The molecule has 0 aliphatic carbocycles. The fourth-order valence-corrected chi connectivity index (χ4v) is 5.38. The third-order valence-electron chi connectivity index (χ3n) is 5.77. The van der Waals surface area contributed by atoms with Crippen LogP contribution in [0.25, 0.3) is 0 Å². The Kier molecular flexibility index (Phi) is 7.83. The van der Waals surface area contributed by atoms with Gasteiger partial charge in [-0.3, -0.25) is 9.88 Å². The van der Waals surface area contributed by atoms with Crippen LogP contribution in [-0.2, 0) is 19.6 Å². The molecular formula is C18H26F3N3O5S. The van der Waals surface area contributed by atoms with Crippen molar-refractivity contribution in [2.45, 2.75) is 48.3 Å². The molecule has 12 heteroatoms. The zero-order valence-corrected chi connectivity index (χ0v) is 17.6. The minimum absolute atomic E-state index is 0.129. The van der Waals surface area contributed by atoms with Crippen LogP contribution in [-0.4, -0.2) is 85.3 Å². The number of hydrogen-bond acceptors (Lipinski definition) is 6. The van der Waals surface area contributed by atoms with Crippen LogP contribution in [0.1, 0.15) is 25.7 Å². The van der Waals surface area contributed by atoms with E-state index in [-0.39, 0.29) is 10.4 Å². The van der Waals surface area contributed by atoms with Gasteiger partial charge in [0.1, 0.15) is 4.90 Å². The Bertz CT molecular complexity index is 812. The maximum Gasteiger partial charge on any atom is 0.490 e. The van der Waals surface area contributed by atoms with Gasteiger partial charge in [0.15, 0.2) is 0 Å². The summed E-state index contributed by atoms with van der Waals surface area (Å²) in [5.41, 5.74) is 0.129. The zero-order valence-electron chi connectivity index (χ0n) is 16.8. The topological polar surface area (TPSA) is 100 Å². The first-order valence-corrected chi connectivity index (χ1v) is 10.8. The van der Waals surface area contributed by atoms with Gasteiger partial charge < -0.3 is 9.84 Å². The number of aliphatic carboxylic acids is 1. The van der Waals surface area contributed by atoms with E-state index >= 15 is 0 Å². The molecule has 1 unspecified atom stereocenters. The monoisotopic (exact) mass is 453 g/mol. The minimum Gasteiger partial charge on any atom is -0.475 e. The molecule has 1 aromatic rings. The van der Waals surface area contributed by atoms with Crippen LogP contribution >= 0.6 is 0 Å². The molecule has 1 spiro atoms. The summed E-state index contributed by atoms with van der Waals surface area (Å²) in [5, 5.41) is 7.12. The lowest BCUT2D eigenvalue weighted by Crippen LogP contribution is -2.53. The molecule has 0 bridgehead atoms. The van der Waals surface area contributed by atoms with E-state index in [1.807, 2.05) is 0 Å². The minimum atomic E-state index is -5.08. The smallest absolute Gasteiger partial charge is 0.475 e. The second kappa shape index (κ2) is 9.58. The molecule has 1 aromatic heterocycles. The van der Waals surface area contributed by atoms with E-state index in [9.17, 15) is 21.6 Å². The number of likely N-dealkylation sites (tertiary alicyclic amines) is 1. The molecule has 1 atom stereocenters. The van der Waals surface area contributed by atoms with Gasteiger partial charge in [-0.1, -0.05) is 0 Å². The van der Waals surface area contributed by atoms with Crippen LogP contribution in [0.15, 0.2) is 29.4 Å². The lowest BCUT2D eigenvalue weighted by Gasteiger charge is -2.44. The van der Waals surface area contributed by atoms with E-state index in [1.54, 1.807) is 29.7 Å². The second-order valence-corrected chi connectivity index (χ2v) is 9.32. The Labute approximate surface area is 173 Å². The Morgan fingerprint density at radius 1 is 1.33 bits per heavy atom. The third kappa shape index (κ3) is 5.48. The number of ether oxygens (including phenoxy) is 1. The van der Waals surface area contributed by atoms with Gasteiger partial charge in [-0.05, 0) is 44.9 Å². The summed E-state index contributed by atoms with van der Waals surface area (Å²) in [4.78, 5) is 15.5. The van der Waals surface area contributed by atoms with Crippen molar-refractivity contribution < 1.29 is 36.2 Å². The fourth-order valence-electron chi connectivity index (χ4n) is 3.97. The first-order chi connectivity index (χ1) is 13.9. The Morgan fingerprint density at radius 3 is 2.40 bits per heavy atom. The summed E-state index contributed by atoms with van der Waals surface area (Å²) in [5.74, 6) is -2.76. The number of rotatable bonds is 4. The van der Waals surface area contributed by atoms with Crippen LogP contribution in [0.3, 0.4) is 0 Å². The highest BCUT2D eigenvalue weighted by molar-refractivity contribution is 7.89. The molecule has 170 valence electrons. The number of carboxylic acid groups (broad SMARTS) is 1. The molecule has 30 heavy (non-hydrogen) atoms. The van der Waals surface area contributed by atoms with Crippen molar-refractivity contribution in [1.82, 2.24) is 14.2 Å². The summed E-state index contributed by atoms with van der Waals surface area (Å²) < 4.78 is 64.0. The van der Waals surface area contributed by atoms with Crippen molar-refractivity contribution in [3.8, 4) is 0 Å². The molecular weight excluding hydrogens is 427 g/mol. The van der Waals surface area contributed by atoms with Gasteiger partial charge >= 0.3 is 12.1 Å². The van der Waals surface area contributed by atoms with Gasteiger partial charge in [-0.25, -0.2) is 13.2 Å². The largest absolute Gasteiger partial charge is 0.490 e. The number of carbonyl (C=O) groups is 1. The highest BCUT2D eigenvalue weighted by Crippen LogP contribution is 2.41. The summed E-state index contributed by atoms with van der Waals surface area (Å²) in [7, 11) is 0.471. The molecule has 8 nitrogen and oxygen atoms in total. The number of alkyl halides is 3. The van der Waals surface area contributed by atoms with Crippen LogP contribution in [0.4, 0.5) is 13.2 Å². The standard InChI is InChI=1S/C16H25N3O3S.C2HF3O2/c1-18-14(13-22-2)5-6-16(18)7-10-19(11-8-16)23(20,21)15-4-3-9-17-12-15;3-2(4,5)1(6)7/h3-4,9,12,14H,5-8,10-11,13H2,1-2H3;(H,6,7). The number of pyridine rings is 1. The zero-order chi connectivity index (χ0) is 22.6. The summed E-state index contributed by atoms with van der Waals surface area (Å²) in [6.07, 6.45) is 1.94. The van der Waals surface area contributed by atoms with Gasteiger partial charge in [0.25, 0.3) is 0 Å². The highest BCUT2D eigenvalue weighted by Gasteiger charge is 2.47. The van der Waals surface area contributed by atoms with Crippen molar-refractivity contribution in [3.05, 3.63) is 24.5 Å². The van der Waals surface area contributed by atoms with Crippen LogP contribution in [0.5, 0.6) is 0 Å². The van der Waals surface area contributed by atoms with Crippen LogP contribution in [0, 0.1) is 0 Å². The normalized spacial score (nSPS) is 22.5. The number of piperidine rings is 1. The number of methoxy groups -OCH3 is 1. The lowest BCUT2D eigenvalue weighted by atomic mass is 9.86. The number of hydrogen-bond donors (Lipinski definition) is 1. The molecule has 0 radical (unpaired) electrons. The maximum absolute atomic E-state index is 12.7. The van der Waals surface area contributed by atoms with Crippen molar-refractivity contribution in [2.24, 2.45) is 0 Å². The van der Waals surface area contributed by atoms with E-state index in [4.69, 9.17) is 14.6 Å². The number of sulfonamides is 1. The van der Waals surface area contributed by atoms with E-state index in [1.165, 1.54) is 6.20 Å². The summed E-state index contributed by atoms with van der Waals surface area (Å²) in [6.45, 7) is 1.89. The van der Waals surface area contributed by atoms with Gasteiger partial charge in [-0.15, -0.1) is 0 Å². The Hall–Kier alpha value is -1.76. The van der Waals surface area contributed by atoms with Crippen LogP contribution < -0.4 is 0 Å². The Balaban J connectivity index is 0.000000396. The molecule has 2 fully saturated rings. The molecule has 0 amide bonds. The molecule has 0 aromatic carbocycles. The quantitative estimate of drug-likeness (QED) is 0.744. The van der Waals surface area contributed by atoms with E-state index in [2.05, 4.69) is 16.9 Å². The maximum atomic E-state index is 12.7. The highest BCUT2D eigenvalue weighted by atomic mass is 32.2. The molecule has 2 saturated heterocycles. The number of carboxylic acids is 1. The molecule has 3 heterocycles. The molecule has 0 saturated carbocycles. The number of halogens is 3. The van der Waals surface area contributed by atoms with E-state index in [0.717, 1.165) is 32.3 Å². The average Bonchev–Trinajstić information content (AvgIpc) is 2.99. The van der Waals surface area contributed by atoms with Crippen LogP contribution in [0.2, 0.25) is 0 Å². The SMILES string of the molecule is COCC1CCC2(CCN(S(=O)(=O)c3cccnc3)CC2)N1C.O=C(O)C(F)(F)F. The van der Waals surface area contributed by atoms with E-state index in [0.29, 0.717) is 19.1 Å². The fraction of sp³-hybridized carbons (Fsp3) is 0.667. The lowest BCUT2D eigenvalue weighted by molar-refractivity contribution is -0.192. The van der Waals surface area contributed by atoms with Gasteiger partial charge in [0.2, 0.25) is 10.0 Å². The number of nitrogens with zero attached hydrogens (tertiary/aromatic N) is 3. The first kappa shape index (κ1) is 24.5. The van der Waals surface area contributed by atoms with E-state index < -0.39 is 22.2 Å². The predicted octanol–water partition coefficient (Wildman–Crippen LogP) is 1.98. The van der Waals surface area contributed by atoms with Crippen molar-refractivity contribution in [1.29, 1.82) is 0 Å². The van der Waals surface area contributed by atoms with Gasteiger partial charge in [-0.2, -0.15) is 17.5 Å². The molecule has 1 N–H and O–H groups in total. The molecule has 3 rings (SSSR count). The van der Waals surface area contributed by atoms with Gasteiger partial charge in [0, 0.05) is 44.2 Å². The van der Waals surface area contributed by atoms with Crippen molar-refractivity contribution >= 4 is 16.0 Å². The summed E-state index contributed by atoms with van der Waals surface area (Å²) in [6, 6.07) is 3.73. The second-order valence-electron chi connectivity index (χ2n) is 7.38. The van der Waals surface area contributed by atoms with Gasteiger partial charge in [0.05, 0.1) is 6.61 Å². The summed E-state index contributed by atoms with van der Waals surface area (Å²) >= 11 is 0. The molecule has 2 aliphatic heterocycles.